The van der Waals surface area contributed by atoms with Crippen LogP contribution in [0.15, 0.2) is 41.3 Å². The molecule has 0 fully saturated rings. The van der Waals surface area contributed by atoms with Crippen molar-refractivity contribution in [1.82, 2.24) is 4.31 Å². The Morgan fingerprint density at radius 2 is 1.85 bits per heavy atom. The average Bonchev–Trinajstić information content (AvgIpc) is 2.59. The molecular weight excluding hydrogens is 361 g/mol. The number of halogens is 1. The molecule has 0 N–H and O–H groups in total. The average molecular weight is 381 g/mol. The van der Waals surface area contributed by atoms with Crippen molar-refractivity contribution in [2.45, 2.75) is 18.4 Å². The summed E-state index contributed by atoms with van der Waals surface area (Å²) in [6.45, 7) is 1.74. The van der Waals surface area contributed by atoms with Crippen LogP contribution in [0.5, 0.6) is 5.75 Å². The van der Waals surface area contributed by atoms with Gasteiger partial charge in [-0.15, -0.1) is 0 Å². The van der Waals surface area contributed by atoms with E-state index in [1.54, 1.807) is 12.1 Å². The zero-order valence-corrected chi connectivity index (χ0v) is 15.8. The van der Waals surface area contributed by atoms with Gasteiger partial charge in [-0.3, -0.25) is 0 Å². The number of rotatable bonds is 6. The van der Waals surface area contributed by atoms with Crippen molar-refractivity contribution in [3.8, 4) is 5.75 Å². The Balaban J connectivity index is 2.27. The van der Waals surface area contributed by atoms with E-state index in [4.69, 9.17) is 9.47 Å². The van der Waals surface area contributed by atoms with Gasteiger partial charge in [0.2, 0.25) is 10.0 Å². The van der Waals surface area contributed by atoms with Crippen LogP contribution in [-0.2, 0) is 21.4 Å². The van der Waals surface area contributed by atoms with Gasteiger partial charge in [0, 0.05) is 19.7 Å². The molecule has 0 heterocycles. The first kappa shape index (κ1) is 19.9. The molecule has 0 unspecified atom stereocenters. The lowest BCUT2D eigenvalue weighted by Gasteiger charge is -2.13. The largest absolute Gasteiger partial charge is 0.496 e. The van der Waals surface area contributed by atoms with Crippen molar-refractivity contribution >= 4 is 16.0 Å². The molecule has 0 aliphatic heterocycles. The molecule has 0 aliphatic carbocycles. The fourth-order valence-electron chi connectivity index (χ4n) is 2.27. The number of aryl methyl sites for hydroxylation is 1. The van der Waals surface area contributed by atoms with Crippen molar-refractivity contribution in [2.75, 3.05) is 21.2 Å². The van der Waals surface area contributed by atoms with Crippen LogP contribution in [0.25, 0.3) is 0 Å². The van der Waals surface area contributed by atoms with Gasteiger partial charge < -0.3 is 9.47 Å². The van der Waals surface area contributed by atoms with Crippen LogP contribution in [-0.4, -0.2) is 39.9 Å². The van der Waals surface area contributed by atoms with Crippen LogP contribution < -0.4 is 4.74 Å². The number of benzene rings is 2. The van der Waals surface area contributed by atoms with Gasteiger partial charge in [-0.05, 0) is 37.3 Å². The van der Waals surface area contributed by atoms with Crippen LogP contribution in [0.4, 0.5) is 4.39 Å². The first-order valence-electron chi connectivity index (χ1n) is 7.69. The van der Waals surface area contributed by atoms with E-state index in [0.717, 1.165) is 28.1 Å². The maximum absolute atomic E-state index is 14.0. The Kier molecular flexibility index (Phi) is 5.99. The Hall–Kier alpha value is -2.45. The van der Waals surface area contributed by atoms with Gasteiger partial charge in [-0.25, -0.2) is 21.9 Å². The number of carbonyl (C=O) groups is 1. The zero-order valence-electron chi connectivity index (χ0n) is 14.9. The van der Waals surface area contributed by atoms with Gasteiger partial charge in [-0.1, -0.05) is 11.6 Å². The van der Waals surface area contributed by atoms with Gasteiger partial charge in [0.25, 0.3) is 0 Å². The predicted molar refractivity (Wildman–Crippen MR) is 94.1 cm³/mol. The van der Waals surface area contributed by atoms with E-state index < -0.39 is 27.4 Å². The summed E-state index contributed by atoms with van der Waals surface area (Å²) in [5, 5.41) is 0. The number of methoxy groups -OCH3 is 1. The van der Waals surface area contributed by atoms with Crippen LogP contribution in [0.2, 0.25) is 0 Å². The van der Waals surface area contributed by atoms with E-state index in [2.05, 4.69) is 0 Å². The summed E-state index contributed by atoms with van der Waals surface area (Å²) in [6.07, 6.45) is 0. The minimum atomic E-state index is -3.79. The standard InChI is InChI=1S/C18H20FNO5S/c1-12-5-8-17(24-4)13(9-12)11-25-18(21)15-10-14(6-7-16(15)19)26(22,23)20(2)3/h5-10H,11H2,1-4H3. The molecule has 0 spiro atoms. The third kappa shape index (κ3) is 4.20. The van der Waals surface area contributed by atoms with Gasteiger partial charge in [-0.2, -0.15) is 0 Å². The molecule has 2 aromatic carbocycles. The summed E-state index contributed by atoms with van der Waals surface area (Å²) >= 11 is 0. The summed E-state index contributed by atoms with van der Waals surface area (Å²) in [5.74, 6) is -1.28. The van der Waals surface area contributed by atoms with E-state index in [-0.39, 0.29) is 11.5 Å². The highest BCUT2D eigenvalue weighted by Gasteiger charge is 2.22. The fourth-order valence-corrected chi connectivity index (χ4v) is 3.20. The highest BCUT2D eigenvalue weighted by atomic mass is 32.2. The third-order valence-corrected chi connectivity index (χ3v) is 5.54. The first-order chi connectivity index (χ1) is 12.2. The van der Waals surface area contributed by atoms with Crippen LogP contribution in [0.1, 0.15) is 21.5 Å². The molecule has 0 aromatic heterocycles. The van der Waals surface area contributed by atoms with E-state index in [0.29, 0.717) is 11.3 Å². The number of esters is 1. The number of hydrogen-bond donors (Lipinski definition) is 0. The molecule has 0 saturated heterocycles. The highest BCUT2D eigenvalue weighted by molar-refractivity contribution is 7.89. The summed E-state index contributed by atoms with van der Waals surface area (Å²) in [5.41, 5.74) is 1.12. The molecule has 26 heavy (non-hydrogen) atoms. The maximum atomic E-state index is 14.0. The number of carbonyl (C=O) groups excluding carboxylic acids is 1. The third-order valence-electron chi connectivity index (χ3n) is 3.73. The molecule has 2 rings (SSSR count). The number of ether oxygens (including phenoxy) is 2. The molecular formula is C18H20FNO5S. The van der Waals surface area contributed by atoms with Gasteiger partial charge in [0.05, 0.1) is 17.6 Å². The Bertz CT molecular complexity index is 925. The van der Waals surface area contributed by atoms with E-state index in [1.165, 1.54) is 21.2 Å². The number of nitrogens with zero attached hydrogens (tertiary/aromatic N) is 1. The van der Waals surface area contributed by atoms with Crippen molar-refractivity contribution in [3.63, 3.8) is 0 Å². The van der Waals surface area contributed by atoms with Crippen molar-refractivity contribution in [3.05, 3.63) is 58.9 Å². The summed E-state index contributed by atoms with van der Waals surface area (Å²) < 4.78 is 49.7. The smallest absolute Gasteiger partial charge is 0.341 e. The quantitative estimate of drug-likeness (QED) is 0.720. The molecule has 8 heteroatoms. The molecule has 140 valence electrons. The topological polar surface area (TPSA) is 72.9 Å². The number of sulfonamides is 1. The normalized spacial score (nSPS) is 11.5. The van der Waals surface area contributed by atoms with Crippen molar-refractivity contribution in [1.29, 1.82) is 0 Å². The Morgan fingerprint density at radius 3 is 2.46 bits per heavy atom. The van der Waals surface area contributed by atoms with Crippen LogP contribution >= 0.6 is 0 Å². The maximum Gasteiger partial charge on any atom is 0.341 e. The molecule has 0 saturated carbocycles. The first-order valence-corrected chi connectivity index (χ1v) is 9.13. The monoisotopic (exact) mass is 381 g/mol. The number of hydrogen-bond acceptors (Lipinski definition) is 5. The summed E-state index contributed by atoms with van der Waals surface area (Å²) in [6, 6.07) is 8.38. The van der Waals surface area contributed by atoms with E-state index in [9.17, 15) is 17.6 Å². The summed E-state index contributed by atoms with van der Waals surface area (Å²) in [4.78, 5) is 12.1. The lowest BCUT2D eigenvalue weighted by molar-refractivity contribution is 0.0464. The van der Waals surface area contributed by atoms with Crippen LogP contribution in [0, 0.1) is 12.7 Å². The second-order valence-corrected chi connectivity index (χ2v) is 7.97. The lowest BCUT2D eigenvalue weighted by Crippen LogP contribution is -2.22. The van der Waals surface area contributed by atoms with Crippen molar-refractivity contribution in [2.24, 2.45) is 0 Å². The molecule has 0 bridgehead atoms. The van der Waals surface area contributed by atoms with E-state index in [1.807, 2.05) is 13.0 Å². The minimum Gasteiger partial charge on any atom is -0.496 e. The molecule has 0 atom stereocenters. The van der Waals surface area contributed by atoms with Gasteiger partial charge in [0.1, 0.15) is 18.2 Å². The molecule has 6 nitrogen and oxygen atoms in total. The minimum absolute atomic E-state index is 0.131. The second kappa shape index (κ2) is 7.84. The lowest BCUT2D eigenvalue weighted by atomic mass is 10.1. The Morgan fingerprint density at radius 1 is 1.15 bits per heavy atom. The van der Waals surface area contributed by atoms with Crippen molar-refractivity contribution < 1.29 is 27.1 Å². The van der Waals surface area contributed by atoms with E-state index >= 15 is 0 Å². The highest BCUT2D eigenvalue weighted by Crippen LogP contribution is 2.22. The second-order valence-electron chi connectivity index (χ2n) is 5.82. The SMILES string of the molecule is COc1ccc(C)cc1COC(=O)c1cc(S(=O)(=O)N(C)C)ccc1F. The fraction of sp³-hybridized carbons (Fsp3) is 0.278. The molecule has 0 aliphatic rings. The Labute approximate surface area is 152 Å². The predicted octanol–water partition coefficient (Wildman–Crippen LogP) is 2.75. The zero-order chi connectivity index (χ0) is 19.5. The molecule has 2 aromatic rings. The van der Waals surface area contributed by atoms with Gasteiger partial charge in [0.15, 0.2) is 0 Å². The van der Waals surface area contributed by atoms with Gasteiger partial charge >= 0.3 is 5.97 Å². The summed E-state index contributed by atoms with van der Waals surface area (Å²) in [7, 11) is 0.393. The molecule has 0 amide bonds. The van der Waals surface area contributed by atoms with Crippen LogP contribution in [0.3, 0.4) is 0 Å². The molecule has 0 radical (unpaired) electrons.